The van der Waals surface area contributed by atoms with Gasteiger partial charge in [0, 0.05) is 27.8 Å². The number of benzene rings is 7. The van der Waals surface area contributed by atoms with Crippen LogP contribution in [0.5, 0.6) is 11.5 Å². The van der Waals surface area contributed by atoms with E-state index < -0.39 is 5.41 Å². The molecule has 4 nitrogen and oxygen atoms in total. The zero-order valence-electron chi connectivity index (χ0n) is 32.0. The molecule has 2 heterocycles. The predicted molar refractivity (Wildman–Crippen MR) is 229 cm³/mol. The zero-order chi connectivity index (χ0) is 37.8. The van der Waals surface area contributed by atoms with Gasteiger partial charge in [-0.1, -0.05) is 146 Å². The molecule has 1 aromatic heterocycles. The lowest BCUT2D eigenvalue weighted by Gasteiger charge is -2.66. The second-order valence-corrected chi connectivity index (χ2v) is 18.1. The standard InChI is InChI=1S/C54H39N3O/c1-2-13-38-32(11-1)12-9-15-39(38)50-55-49(33-23-25-34(26-24-33)52-29-36-27-35-28-37(30-52)53(35,36)31-52)56-51(57-50)41-16-10-20-45-48(41)40-14-3-4-17-42(40)54(45)43-18-5-7-21-46(43)58-47-22-8-6-19-44(47)54/h1-26,35-37H,27-31H2/t35?,36-,37?,52?,53?/m0/s1. The average molecular weight is 746 g/mol. The summed E-state index contributed by atoms with van der Waals surface area (Å²) in [5.41, 5.74) is 12.1. The molecule has 58 heavy (non-hydrogen) atoms. The third-order valence-corrected chi connectivity index (χ3v) is 15.9. The molecule has 0 N–H and O–H groups in total. The van der Waals surface area contributed by atoms with E-state index in [1.807, 2.05) is 0 Å². The smallest absolute Gasteiger partial charge is 0.164 e. The van der Waals surface area contributed by atoms with Crippen LogP contribution in [0.1, 0.15) is 59.9 Å². The minimum absolute atomic E-state index is 0.354. The van der Waals surface area contributed by atoms with Crippen LogP contribution in [-0.2, 0) is 10.8 Å². The van der Waals surface area contributed by atoms with E-state index in [4.69, 9.17) is 19.7 Å². The molecule has 14 rings (SSSR count). The molecule has 4 fully saturated rings. The lowest BCUT2D eigenvalue weighted by molar-refractivity contribution is -0.175. The number of rotatable bonds is 4. The highest BCUT2D eigenvalue weighted by Gasteiger charge is 2.77. The lowest BCUT2D eigenvalue weighted by Crippen LogP contribution is -2.59. The first-order valence-corrected chi connectivity index (χ1v) is 21.1. The summed E-state index contributed by atoms with van der Waals surface area (Å²) in [6, 6.07) is 57.0. The quantitative estimate of drug-likeness (QED) is 0.180. The fraction of sp³-hybridized carbons (Fsp3) is 0.204. The summed E-state index contributed by atoms with van der Waals surface area (Å²) in [6.45, 7) is 0. The van der Waals surface area contributed by atoms with E-state index in [9.17, 15) is 0 Å². The highest BCUT2D eigenvalue weighted by molar-refractivity contribution is 5.97. The topological polar surface area (TPSA) is 47.9 Å². The lowest BCUT2D eigenvalue weighted by atomic mass is 9.38. The number of ether oxygens (including phenoxy) is 1. The van der Waals surface area contributed by atoms with E-state index in [0.717, 1.165) is 68.0 Å². The van der Waals surface area contributed by atoms with Crippen LogP contribution < -0.4 is 4.74 Å². The maximum absolute atomic E-state index is 6.62. The van der Waals surface area contributed by atoms with Crippen LogP contribution in [0.25, 0.3) is 56.1 Å². The Morgan fingerprint density at radius 1 is 0.466 bits per heavy atom. The Bertz CT molecular complexity index is 3010. The van der Waals surface area contributed by atoms with Crippen molar-refractivity contribution in [3.63, 3.8) is 0 Å². The SMILES string of the molecule is c1ccc2c(c1)Oc1ccccc1C21c2ccccc2-c2c(-c3nc(-c4ccc(C56CC7CC8C[C@@H](C5)C87C6)cc4)nc(-c4cccc5ccccc45)n3)cccc21. The third-order valence-electron chi connectivity index (χ3n) is 15.9. The van der Waals surface area contributed by atoms with Gasteiger partial charge in [-0.05, 0) is 111 Å². The van der Waals surface area contributed by atoms with Crippen LogP contribution in [0.3, 0.4) is 0 Å². The van der Waals surface area contributed by atoms with E-state index in [0.29, 0.717) is 28.3 Å². The summed E-state index contributed by atoms with van der Waals surface area (Å²) in [5.74, 6) is 6.76. The summed E-state index contributed by atoms with van der Waals surface area (Å²) >= 11 is 0. The highest BCUT2D eigenvalue weighted by Crippen LogP contribution is 2.84. The molecule has 5 atom stereocenters. The molecule has 276 valence electrons. The van der Waals surface area contributed by atoms with Gasteiger partial charge in [-0.2, -0.15) is 0 Å². The average Bonchev–Trinajstić information content (AvgIpc) is 3.88. The number of para-hydroxylation sites is 2. The van der Waals surface area contributed by atoms with Gasteiger partial charge in [0.1, 0.15) is 11.5 Å². The molecule has 5 aliphatic carbocycles. The van der Waals surface area contributed by atoms with Crippen LogP contribution in [0.2, 0.25) is 0 Å². The molecule has 6 aliphatic rings. The first-order valence-electron chi connectivity index (χ1n) is 21.1. The molecule has 1 aliphatic heterocycles. The van der Waals surface area contributed by atoms with Crippen LogP contribution in [0.4, 0.5) is 0 Å². The maximum Gasteiger partial charge on any atom is 0.164 e. The number of nitrogens with zero attached hydrogens (tertiary/aromatic N) is 3. The molecule has 7 aromatic carbocycles. The molecule has 4 unspecified atom stereocenters. The number of hydrogen-bond donors (Lipinski definition) is 0. The van der Waals surface area contributed by atoms with Gasteiger partial charge in [-0.3, -0.25) is 0 Å². The summed E-state index contributed by atoms with van der Waals surface area (Å²) in [5, 5.41) is 2.29. The Hall–Kier alpha value is -6.39. The van der Waals surface area contributed by atoms with Crippen molar-refractivity contribution < 1.29 is 4.74 Å². The van der Waals surface area contributed by atoms with Gasteiger partial charge in [-0.15, -0.1) is 0 Å². The van der Waals surface area contributed by atoms with Gasteiger partial charge in [0.2, 0.25) is 0 Å². The van der Waals surface area contributed by atoms with E-state index in [2.05, 4.69) is 158 Å². The van der Waals surface area contributed by atoms with Crippen molar-refractivity contribution in [3.8, 4) is 56.8 Å². The van der Waals surface area contributed by atoms with Gasteiger partial charge in [0.05, 0.1) is 5.41 Å². The molecular weight excluding hydrogens is 707 g/mol. The van der Waals surface area contributed by atoms with Crippen molar-refractivity contribution in [1.82, 2.24) is 15.0 Å². The normalized spacial score (nSPS) is 25.5. The van der Waals surface area contributed by atoms with Crippen LogP contribution in [0.15, 0.2) is 158 Å². The van der Waals surface area contributed by atoms with Crippen molar-refractivity contribution in [3.05, 3.63) is 186 Å². The highest BCUT2D eigenvalue weighted by atomic mass is 16.5. The van der Waals surface area contributed by atoms with Gasteiger partial charge in [0.15, 0.2) is 17.5 Å². The van der Waals surface area contributed by atoms with E-state index in [1.54, 1.807) is 0 Å². The van der Waals surface area contributed by atoms with E-state index in [-0.39, 0.29) is 0 Å². The molecule has 2 bridgehead atoms. The van der Waals surface area contributed by atoms with Crippen molar-refractivity contribution in [2.45, 2.75) is 42.9 Å². The Balaban J connectivity index is 0.986. The Morgan fingerprint density at radius 3 is 1.78 bits per heavy atom. The van der Waals surface area contributed by atoms with Crippen molar-refractivity contribution in [2.24, 2.45) is 23.2 Å². The Kier molecular flexibility index (Phi) is 5.98. The molecule has 0 saturated heterocycles. The first kappa shape index (κ1) is 31.7. The van der Waals surface area contributed by atoms with Gasteiger partial charge in [0.25, 0.3) is 0 Å². The summed E-state index contributed by atoms with van der Waals surface area (Å²) in [6.07, 6.45) is 7.11. The van der Waals surface area contributed by atoms with Crippen molar-refractivity contribution in [1.29, 1.82) is 0 Å². The minimum atomic E-state index is -0.573. The molecule has 0 radical (unpaired) electrons. The third kappa shape index (κ3) is 3.80. The fourth-order valence-corrected chi connectivity index (χ4v) is 13.6. The minimum Gasteiger partial charge on any atom is -0.457 e. The van der Waals surface area contributed by atoms with E-state index in [1.165, 1.54) is 59.7 Å². The Morgan fingerprint density at radius 2 is 1.03 bits per heavy atom. The van der Waals surface area contributed by atoms with E-state index >= 15 is 0 Å². The maximum atomic E-state index is 6.62. The monoisotopic (exact) mass is 745 g/mol. The summed E-state index contributed by atoms with van der Waals surface area (Å²) in [4.78, 5) is 16.2. The zero-order valence-corrected chi connectivity index (χ0v) is 32.0. The second kappa shape index (κ2) is 11.0. The number of aromatic nitrogens is 3. The second-order valence-electron chi connectivity index (χ2n) is 18.1. The molecule has 0 amide bonds. The van der Waals surface area contributed by atoms with Crippen LogP contribution >= 0.6 is 0 Å². The molecular formula is C54H39N3O. The molecule has 4 saturated carbocycles. The fourth-order valence-electron chi connectivity index (χ4n) is 13.6. The Labute approximate surface area is 337 Å². The van der Waals surface area contributed by atoms with Crippen LogP contribution in [-0.4, -0.2) is 15.0 Å². The van der Waals surface area contributed by atoms with Gasteiger partial charge < -0.3 is 4.74 Å². The van der Waals surface area contributed by atoms with Crippen molar-refractivity contribution >= 4 is 10.8 Å². The number of fused-ring (bicyclic) bond motifs is 11. The molecule has 8 aromatic rings. The van der Waals surface area contributed by atoms with Gasteiger partial charge >= 0.3 is 0 Å². The first-order chi connectivity index (χ1) is 28.6. The molecule has 4 heteroatoms. The van der Waals surface area contributed by atoms with Crippen molar-refractivity contribution in [2.75, 3.05) is 0 Å². The summed E-state index contributed by atoms with van der Waals surface area (Å²) in [7, 11) is 0. The summed E-state index contributed by atoms with van der Waals surface area (Å²) < 4.78 is 6.62. The number of hydrogen-bond acceptors (Lipinski definition) is 4. The molecule has 2 spiro atoms. The largest absolute Gasteiger partial charge is 0.457 e. The van der Waals surface area contributed by atoms with Crippen LogP contribution in [0, 0.1) is 23.2 Å². The predicted octanol–water partition coefficient (Wildman–Crippen LogP) is 12.6. The van der Waals surface area contributed by atoms with Gasteiger partial charge in [-0.25, -0.2) is 15.0 Å².